The van der Waals surface area contributed by atoms with E-state index in [-0.39, 0.29) is 6.10 Å². The summed E-state index contributed by atoms with van der Waals surface area (Å²) in [4.78, 5) is 0. The standard InChI is InChI=1S/C10H17N3O/c1-2-4-7-9(12-13-10(7)11)8-5-3-6-14-8/h8H,2-6H2,1H3,(H3,11,12,13). The Labute approximate surface area is 83.8 Å². The van der Waals surface area contributed by atoms with Crippen LogP contribution in [0.15, 0.2) is 0 Å². The van der Waals surface area contributed by atoms with Crippen LogP contribution >= 0.6 is 0 Å². The molecule has 1 saturated heterocycles. The molecule has 1 aliphatic heterocycles. The summed E-state index contributed by atoms with van der Waals surface area (Å²) in [5.41, 5.74) is 8.05. The monoisotopic (exact) mass is 195 g/mol. The van der Waals surface area contributed by atoms with Gasteiger partial charge in [-0.25, -0.2) is 0 Å². The molecule has 0 aromatic carbocycles. The third-order valence-electron chi connectivity index (χ3n) is 2.68. The van der Waals surface area contributed by atoms with Crippen molar-refractivity contribution in [2.24, 2.45) is 0 Å². The van der Waals surface area contributed by atoms with E-state index in [9.17, 15) is 0 Å². The molecule has 0 radical (unpaired) electrons. The molecule has 1 aliphatic rings. The highest BCUT2D eigenvalue weighted by atomic mass is 16.5. The topological polar surface area (TPSA) is 63.9 Å². The Morgan fingerprint density at radius 3 is 3.14 bits per heavy atom. The van der Waals surface area contributed by atoms with E-state index in [1.807, 2.05) is 0 Å². The van der Waals surface area contributed by atoms with Gasteiger partial charge in [0.15, 0.2) is 0 Å². The first-order valence-corrected chi connectivity index (χ1v) is 5.27. The molecular weight excluding hydrogens is 178 g/mol. The molecule has 14 heavy (non-hydrogen) atoms. The minimum Gasteiger partial charge on any atom is -0.382 e. The summed E-state index contributed by atoms with van der Waals surface area (Å²) in [5, 5.41) is 7.05. The second kappa shape index (κ2) is 4.00. The summed E-state index contributed by atoms with van der Waals surface area (Å²) in [5.74, 6) is 0.636. The Balaban J connectivity index is 2.22. The maximum atomic E-state index is 5.80. The highest BCUT2D eigenvalue weighted by molar-refractivity contribution is 5.43. The largest absolute Gasteiger partial charge is 0.382 e. The van der Waals surface area contributed by atoms with Crippen molar-refractivity contribution in [3.8, 4) is 0 Å². The molecule has 1 atom stereocenters. The van der Waals surface area contributed by atoms with Crippen LogP contribution in [-0.4, -0.2) is 16.8 Å². The van der Waals surface area contributed by atoms with E-state index in [1.165, 1.54) is 0 Å². The average molecular weight is 195 g/mol. The van der Waals surface area contributed by atoms with Crippen molar-refractivity contribution in [3.63, 3.8) is 0 Å². The van der Waals surface area contributed by atoms with Gasteiger partial charge in [-0.1, -0.05) is 13.3 Å². The smallest absolute Gasteiger partial charge is 0.148 e. The molecule has 78 valence electrons. The van der Waals surface area contributed by atoms with Crippen LogP contribution in [0.5, 0.6) is 0 Å². The molecule has 2 heterocycles. The van der Waals surface area contributed by atoms with Crippen LogP contribution in [0, 0.1) is 0 Å². The molecule has 3 N–H and O–H groups in total. The van der Waals surface area contributed by atoms with Crippen molar-refractivity contribution >= 4 is 5.82 Å². The highest BCUT2D eigenvalue weighted by Gasteiger charge is 2.23. The third-order valence-corrected chi connectivity index (χ3v) is 2.68. The summed E-state index contributed by atoms with van der Waals surface area (Å²) in [6.07, 6.45) is 4.48. The van der Waals surface area contributed by atoms with Crippen LogP contribution in [0.4, 0.5) is 5.82 Å². The van der Waals surface area contributed by atoms with Crippen LogP contribution in [-0.2, 0) is 11.2 Å². The zero-order chi connectivity index (χ0) is 9.97. The first-order chi connectivity index (χ1) is 6.83. The minimum absolute atomic E-state index is 0.196. The Hall–Kier alpha value is -1.03. The number of nitrogen functional groups attached to an aromatic ring is 1. The van der Waals surface area contributed by atoms with Crippen LogP contribution in [0.2, 0.25) is 0 Å². The van der Waals surface area contributed by atoms with Gasteiger partial charge in [-0.15, -0.1) is 0 Å². The predicted octanol–water partition coefficient (Wildman–Crippen LogP) is 1.80. The number of aromatic amines is 1. The number of hydrogen-bond donors (Lipinski definition) is 2. The molecule has 1 aromatic heterocycles. The molecule has 0 spiro atoms. The fraction of sp³-hybridized carbons (Fsp3) is 0.700. The molecule has 4 nitrogen and oxygen atoms in total. The number of ether oxygens (including phenoxy) is 1. The van der Waals surface area contributed by atoms with Crippen LogP contribution in [0.3, 0.4) is 0 Å². The van der Waals surface area contributed by atoms with E-state index in [2.05, 4.69) is 17.1 Å². The van der Waals surface area contributed by atoms with Crippen molar-refractivity contribution in [1.29, 1.82) is 0 Å². The fourth-order valence-electron chi connectivity index (χ4n) is 1.98. The number of H-pyrrole nitrogens is 1. The van der Waals surface area contributed by atoms with Gasteiger partial charge in [0, 0.05) is 12.2 Å². The molecule has 1 aromatic rings. The third kappa shape index (κ3) is 1.62. The number of hydrogen-bond acceptors (Lipinski definition) is 3. The summed E-state index contributed by atoms with van der Waals surface area (Å²) >= 11 is 0. The summed E-state index contributed by atoms with van der Waals surface area (Å²) < 4.78 is 5.61. The van der Waals surface area contributed by atoms with E-state index >= 15 is 0 Å². The molecule has 0 bridgehead atoms. The molecule has 0 aliphatic carbocycles. The van der Waals surface area contributed by atoms with Crippen molar-refractivity contribution in [3.05, 3.63) is 11.3 Å². The second-order valence-corrected chi connectivity index (χ2v) is 3.75. The highest BCUT2D eigenvalue weighted by Crippen LogP contribution is 2.31. The van der Waals surface area contributed by atoms with Gasteiger partial charge in [0.2, 0.25) is 0 Å². The van der Waals surface area contributed by atoms with Gasteiger partial charge in [0.1, 0.15) is 5.82 Å². The van der Waals surface area contributed by atoms with E-state index < -0.39 is 0 Å². The zero-order valence-corrected chi connectivity index (χ0v) is 8.55. The van der Waals surface area contributed by atoms with Crippen molar-refractivity contribution in [2.45, 2.75) is 38.7 Å². The van der Waals surface area contributed by atoms with Crippen LogP contribution in [0.25, 0.3) is 0 Å². The lowest BCUT2D eigenvalue weighted by atomic mass is 10.0. The number of nitrogens with two attached hydrogens (primary N) is 1. The Morgan fingerprint density at radius 2 is 2.50 bits per heavy atom. The Bertz CT molecular complexity index is 302. The first-order valence-electron chi connectivity index (χ1n) is 5.27. The van der Waals surface area contributed by atoms with Gasteiger partial charge in [0.25, 0.3) is 0 Å². The summed E-state index contributed by atoms with van der Waals surface area (Å²) in [6, 6.07) is 0. The second-order valence-electron chi connectivity index (χ2n) is 3.75. The molecule has 4 heteroatoms. The van der Waals surface area contributed by atoms with Gasteiger partial charge in [-0.3, -0.25) is 5.10 Å². The average Bonchev–Trinajstić information content (AvgIpc) is 2.77. The maximum Gasteiger partial charge on any atom is 0.148 e. The molecule has 1 fully saturated rings. The molecule has 0 amide bonds. The maximum absolute atomic E-state index is 5.80. The van der Waals surface area contributed by atoms with Gasteiger partial charge < -0.3 is 10.5 Å². The lowest BCUT2D eigenvalue weighted by molar-refractivity contribution is 0.108. The number of anilines is 1. The van der Waals surface area contributed by atoms with E-state index in [1.54, 1.807) is 0 Å². The van der Waals surface area contributed by atoms with Crippen molar-refractivity contribution in [2.75, 3.05) is 12.3 Å². The number of nitrogens with one attached hydrogen (secondary N) is 1. The van der Waals surface area contributed by atoms with Gasteiger partial charge in [0.05, 0.1) is 11.8 Å². The van der Waals surface area contributed by atoms with Crippen molar-refractivity contribution in [1.82, 2.24) is 10.2 Å². The number of nitrogens with zero attached hydrogens (tertiary/aromatic N) is 1. The van der Waals surface area contributed by atoms with Crippen molar-refractivity contribution < 1.29 is 4.74 Å². The number of aromatic nitrogens is 2. The zero-order valence-electron chi connectivity index (χ0n) is 8.55. The fourth-order valence-corrected chi connectivity index (χ4v) is 1.98. The molecule has 0 saturated carbocycles. The molecule has 1 unspecified atom stereocenters. The van der Waals surface area contributed by atoms with Gasteiger partial charge >= 0.3 is 0 Å². The quantitative estimate of drug-likeness (QED) is 0.773. The Morgan fingerprint density at radius 1 is 1.64 bits per heavy atom. The first kappa shape index (κ1) is 9.52. The van der Waals surface area contributed by atoms with E-state index in [0.717, 1.165) is 43.5 Å². The summed E-state index contributed by atoms with van der Waals surface area (Å²) in [7, 11) is 0. The summed E-state index contributed by atoms with van der Waals surface area (Å²) in [6.45, 7) is 3.00. The SMILES string of the molecule is CCCc1c(N)n[nH]c1C1CCCO1. The van der Waals surface area contributed by atoms with Gasteiger partial charge in [-0.2, -0.15) is 5.10 Å². The lowest BCUT2D eigenvalue weighted by Gasteiger charge is -2.09. The van der Waals surface area contributed by atoms with E-state index in [4.69, 9.17) is 10.5 Å². The van der Waals surface area contributed by atoms with Gasteiger partial charge in [-0.05, 0) is 19.3 Å². The van der Waals surface area contributed by atoms with Crippen LogP contribution < -0.4 is 5.73 Å². The Kier molecular flexibility index (Phi) is 2.72. The lowest BCUT2D eigenvalue weighted by Crippen LogP contribution is -2.01. The predicted molar refractivity (Wildman–Crippen MR) is 54.9 cm³/mol. The van der Waals surface area contributed by atoms with E-state index in [0.29, 0.717) is 5.82 Å². The van der Waals surface area contributed by atoms with Crippen LogP contribution in [0.1, 0.15) is 43.5 Å². The molecular formula is C10H17N3O. The molecule has 2 rings (SSSR count). The minimum atomic E-state index is 0.196. The number of rotatable bonds is 3. The normalized spacial score (nSPS) is 21.6.